The minimum atomic E-state index is -3.95. The van der Waals surface area contributed by atoms with Crippen molar-refractivity contribution in [2.24, 2.45) is 5.73 Å². The van der Waals surface area contributed by atoms with E-state index in [1.165, 1.54) is 4.31 Å². The topological polar surface area (TPSA) is 111 Å². The normalized spacial score (nSPS) is 24.6. The molecule has 1 aliphatic heterocycles. The Morgan fingerprint density at radius 2 is 2.15 bits per heavy atom. The van der Waals surface area contributed by atoms with Gasteiger partial charge in [0.1, 0.15) is 0 Å². The van der Waals surface area contributed by atoms with Crippen LogP contribution in [0.5, 0.6) is 0 Å². The number of rotatable bonds is 5. The summed E-state index contributed by atoms with van der Waals surface area (Å²) in [6.45, 7) is 3.70. The van der Waals surface area contributed by atoms with E-state index in [9.17, 15) is 13.2 Å². The average molecular weight is 309 g/mol. The fraction of sp³-hybridized carbons (Fsp3) is 0.909. The molecule has 0 spiro atoms. The molecule has 0 aromatic heterocycles. The van der Waals surface area contributed by atoms with Crippen LogP contribution in [0.25, 0.3) is 0 Å². The molecule has 1 amide bonds. The molecule has 0 aromatic carbocycles. The summed E-state index contributed by atoms with van der Waals surface area (Å²) in [7, 11) is -2.36. The van der Waals surface area contributed by atoms with Crippen molar-refractivity contribution in [3.8, 4) is 0 Å². The molecule has 1 heterocycles. The maximum atomic E-state index is 12.2. The molecule has 1 aliphatic rings. The first-order valence-corrected chi connectivity index (χ1v) is 7.97. The molecular weight excluding hydrogens is 286 g/mol. The highest BCUT2D eigenvalue weighted by atomic mass is 32.2. The summed E-state index contributed by atoms with van der Waals surface area (Å²) in [6.07, 6.45) is -0.322. The maximum absolute atomic E-state index is 12.2. The van der Waals surface area contributed by atoms with E-state index in [-0.39, 0.29) is 19.2 Å². The van der Waals surface area contributed by atoms with Gasteiger partial charge in [0.05, 0.1) is 12.2 Å². The van der Waals surface area contributed by atoms with Gasteiger partial charge < -0.3 is 15.2 Å². The van der Waals surface area contributed by atoms with E-state index in [0.29, 0.717) is 12.8 Å². The Kier molecular flexibility index (Phi) is 6.18. The summed E-state index contributed by atoms with van der Waals surface area (Å²) in [6, 6.07) is -0.391. The van der Waals surface area contributed by atoms with Crippen LogP contribution in [0.15, 0.2) is 0 Å². The number of methoxy groups -OCH3 is 1. The Hall–Kier alpha value is -0.900. The fourth-order valence-corrected chi connectivity index (χ4v) is 3.43. The number of ether oxygens (including phenoxy) is 2. The summed E-state index contributed by atoms with van der Waals surface area (Å²) < 4.78 is 37.4. The van der Waals surface area contributed by atoms with Crippen molar-refractivity contribution < 1.29 is 22.7 Å². The zero-order chi connectivity index (χ0) is 15.3. The van der Waals surface area contributed by atoms with Crippen molar-refractivity contribution in [1.82, 2.24) is 9.03 Å². The number of carbonyl (C=O) groups excluding carboxylic acids is 1. The molecule has 2 unspecified atom stereocenters. The van der Waals surface area contributed by atoms with Gasteiger partial charge in [-0.05, 0) is 26.7 Å². The van der Waals surface area contributed by atoms with Crippen molar-refractivity contribution >= 4 is 16.3 Å². The average Bonchev–Trinajstić information content (AvgIpc) is 2.36. The molecule has 9 heteroatoms. The summed E-state index contributed by atoms with van der Waals surface area (Å²) in [4.78, 5) is 11.4. The Bertz CT molecular complexity index is 426. The van der Waals surface area contributed by atoms with Gasteiger partial charge in [-0.3, -0.25) is 0 Å². The molecular formula is C11H23N3O5S. The van der Waals surface area contributed by atoms with E-state index in [1.807, 2.05) is 4.72 Å². The summed E-state index contributed by atoms with van der Waals surface area (Å²) in [5.41, 5.74) is 5.61. The van der Waals surface area contributed by atoms with E-state index in [0.717, 1.165) is 0 Å². The number of amides is 1. The van der Waals surface area contributed by atoms with Crippen LogP contribution in [0.3, 0.4) is 0 Å². The number of nitrogens with two attached hydrogens (primary N) is 1. The highest BCUT2D eigenvalue weighted by Gasteiger charge is 2.36. The summed E-state index contributed by atoms with van der Waals surface area (Å²) in [5, 5.41) is 0. The molecule has 1 fully saturated rings. The van der Waals surface area contributed by atoms with Crippen LogP contribution in [-0.2, 0) is 19.7 Å². The van der Waals surface area contributed by atoms with Crippen LogP contribution in [0.4, 0.5) is 4.79 Å². The van der Waals surface area contributed by atoms with Crippen molar-refractivity contribution in [2.45, 2.75) is 44.9 Å². The molecule has 20 heavy (non-hydrogen) atoms. The van der Waals surface area contributed by atoms with Gasteiger partial charge in [0, 0.05) is 26.2 Å². The van der Waals surface area contributed by atoms with Crippen molar-refractivity contribution in [3.05, 3.63) is 0 Å². The molecule has 1 rings (SSSR count). The van der Waals surface area contributed by atoms with Crippen LogP contribution in [0.2, 0.25) is 0 Å². The minimum Gasteiger partial charge on any atom is -0.446 e. The summed E-state index contributed by atoms with van der Waals surface area (Å²) >= 11 is 0. The van der Waals surface area contributed by atoms with E-state index >= 15 is 0 Å². The predicted octanol–water partition coefficient (Wildman–Crippen LogP) is -0.196. The number of hydrogen-bond acceptors (Lipinski definition) is 6. The zero-order valence-electron chi connectivity index (χ0n) is 12.0. The lowest BCUT2D eigenvalue weighted by Gasteiger charge is -2.36. The van der Waals surface area contributed by atoms with E-state index < -0.39 is 28.4 Å². The standard InChI is InChI=1S/C11H23N3O5S/c1-8(2)19-11(15)13-20(16,17)14-5-4-10(18-3)6-9(14)7-12/h8-10H,4-7,12H2,1-3H3,(H,13,15). The predicted molar refractivity (Wildman–Crippen MR) is 73.3 cm³/mol. The third-order valence-electron chi connectivity index (χ3n) is 3.08. The first-order chi connectivity index (χ1) is 9.30. The largest absolute Gasteiger partial charge is 0.446 e. The van der Waals surface area contributed by atoms with Crippen molar-refractivity contribution in [3.63, 3.8) is 0 Å². The molecule has 0 aliphatic carbocycles. The van der Waals surface area contributed by atoms with Crippen molar-refractivity contribution in [2.75, 3.05) is 20.2 Å². The number of hydrogen-bond donors (Lipinski definition) is 2. The lowest BCUT2D eigenvalue weighted by Crippen LogP contribution is -2.55. The first kappa shape index (κ1) is 17.2. The summed E-state index contributed by atoms with van der Waals surface area (Å²) in [5.74, 6) is 0. The number of carbonyl (C=O) groups is 1. The molecule has 3 N–H and O–H groups in total. The van der Waals surface area contributed by atoms with Gasteiger partial charge in [0.2, 0.25) is 0 Å². The third-order valence-corrected chi connectivity index (χ3v) is 4.61. The van der Waals surface area contributed by atoms with Gasteiger partial charge in [-0.15, -0.1) is 0 Å². The second-order valence-corrected chi connectivity index (χ2v) is 6.57. The molecule has 118 valence electrons. The lowest BCUT2D eigenvalue weighted by molar-refractivity contribution is 0.0397. The number of nitrogens with zero attached hydrogens (tertiary/aromatic N) is 1. The van der Waals surface area contributed by atoms with Gasteiger partial charge in [0.15, 0.2) is 0 Å². The van der Waals surface area contributed by atoms with E-state index in [2.05, 4.69) is 0 Å². The van der Waals surface area contributed by atoms with Crippen LogP contribution in [0, 0.1) is 0 Å². The quantitative estimate of drug-likeness (QED) is 0.728. The fourth-order valence-electron chi connectivity index (χ4n) is 2.14. The van der Waals surface area contributed by atoms with Crippen LogP contribution < -0.4 is 10.5 Å². The highest BCUT2D eigenvalue weighted by molar-refractivity contribution is 7.87. The maximum Gasteiger partial charge on any atom is 0.422 e. The van der Waals surface area contributed by atoms with Crippen molar-refractivity contribution in [1.29, 1.82) is 0 Å². The minimum absolute atomic E-state index is 0.0161. The highest BCUT2D eigenvalue weighted by Crippen LogP contribution is 2.21. The first-order valence-electron chi connectivity index (χ1n) is 6.53. The Morgan fingerprint density at radius 3 is 2.65 bits per heavy atom. The second kappa shape index (κ2) is 7.21. The van der Waals surface area contributed by atoms with Crippen LogP contribution >= 0.6 is 0 Å². The Balaban J connectivity index is 2.73. The molecule has 0 radical (unpaired) electrons. The smallest absolute Gasteiger partial charge is 0.422 e. The van der Waals surface area contributed by atoms with E-state index in [4.69, 9.17) is 15.2 Å². The van der Waals surface area contributed by atoms with Crippen LogP contribution in [-0.4, -0.2) is 57.3 Å². The van der Waals surface area contributed by atoms with Gasteiger partial charge in [-0.2, -0.15) is 12.7 Å². The SMILES string of the molecule is COC1CCN(S(=O)(=O)NC(=O)OC(C)C)C(CN)C1. The Labute approximate surface area is 119 Å². The van der Waals surface area contributed by atoms with Gasteiger partial charge in [-0.25, -0.2) is 9.52 Å². The lowest BCUT2D eigenvalue weighted by atomic mass is 10.0. The Morgan fingerprint density at radius 1 is 1.50 bits per heavy atom. The number of piperidine rings is 1. The molecule has 0 saturated carbocycles. The van der Waals surface area contributed by atoms with Gasteiger partial charge in [0.25, 0.3) is 0 Å². The molecule has 1 saturated heterocycles. The molecule has 0 aromatic rings. The molecule has 2 atom stereocenters. The second-order valence-electron chi connectivity index (χ2n) is 4.94. The van der Waals surface area contributed by atoms with Gasteiger partial charge >= 0.3 is 16.3 Å². The van der Waals surface area contributed by atoms with E-state index in [1.54, 1.807) is 21.0 Å². The van der Waals surface area contributed by atoms with Gasteiger partial charge in [-0.1, -0.05) is 0 Å². The zero-order valence-corrected chi connectivity index (χ0v) is 12.9. The monoisotopic (exact) mass is 309 g/mol. The number of nitrogens with one attached hydrogen (secondary N) is 1. The molecule has 8 nitrogen and oxygen atoms in total. The van der Waals surface area contributed by atoms with Crippen LogP contribution in [0.1, 0.15) is 26.7 Å². The third kappa shape index (κ3) is 4.58. The molecule has 0 bridgehead atoms.